The first-order chi connectivity index (χ1) is 13.5. The van der Waals surface area contributed by atoms with E-state index in [1.807, 2.05) is 0 Å². The zero-order valence-electron chi connectivity index (χ0n) is 16.0. The number of benzene rings is 3. The number of hydrogen-bond acceptors (Lipinski definition) is 0. The standard InChI is InChI=1S/C25H23F3/c1-2-3-4-5-16-6-9-22-17(10-16)7-8-18-13-24(25(28)15-23(18)22)19-11-20(26)14-21(27)12-19/h6,9-15H,2-5,7-8H2,1H3. The molecule has 0 atom stereocenters. The van der Waals surface area contributed by atoms with Crippen molar-refractivity contribution in [3.8, 4) is 22.3 Å². The molecule has 1 aliphatic rings. The van der Waals surface area contributed by atoms with Gasteiger partial charge >= 0.3 is 0 Å². The highest BCUT2D eigenvalue weighted by Crippen LogP contribution is 2.38. The predicted molar refractivity (Wildman–Crippen MR) is 108 cm³/mol. The minimum absolute atomic E-state index is 0.231. The number of unbranched alkanes of at least 4 members (excludes halogenated alkanes) is 2. The molecule has 0 aromatic heterocycles. The quantitative estimate of drug-likeness (QED) is 0.408. The number of fused-ring (bicyclic) bond motifs is 3. The molecule has 1 aliphatic carbocycles. The van der Waals surface area contributed by atoms with Crippen LogP contribution in [0.4, 0.5) is 13.2 Å². The Morgan fingerprint density at radius 3 is 2.14 bits per heavy atom. The Labute approximate surface area is 164 Å². The monoisotopic (exact) mass is 380 g/mol. The van der Waals surface area contributed by atoms with Gasteiger partial charge in [0.05, 0.1) is 0 Å². The van der Waals surface area contributed by atoms with E-state index in [1.165, 1.54) is 48.6 Å². The van der Waals surface area contributed by atoms with Crippen molar-refractivity contribution >= 4 is 0 Å². The SMILES string of the molecule is CCCCCc1ccc2c(c1)CCc1cc(-c3cc(F)cc(F)c3)c(F)cc1-2. The van der Waals surface area contributed by atoms with E-state index < -0.39 is 17.5 Å². The molecule has 3 aromatic carbocycles. The highest BCUT2D eigenvalue weighted by Gasteiger charge is 2.20. The van der Waals surface area contributed by atoms with E-state index in [4.69, 9.17) is 0 Å². The summed E-state index contributed by atoms with van der Waals surface area (Å²) in [6.45, 7) is 2.20. The van der Waals surface area contributed by atoms with Crippen LogP contribution in [0.5, 0.6) is 0 Å². The lowest BCUT2D eigenvalue weighted by Gasteiger charge is -2.22. The van der Waals surface area contributed by atoms with Crippen molar-refractivity contribution < 1.29 is 13.2 Å². The van der Waals surface area contributed by atoms with Gasteiger partial charge in [-0.2, -0.15) is 0 Å². The highest BCUT2D eigenvalue weighted by atomic mass is 19.1. The van der Waals surface area contributed by atoms with Crippen LogP contribution in [0.3, 0.4) is 0 Å². The molecule has 0 spiro atoms. The summed E-state index contributed by atoms with van der Waals surface area (Å²) >= 11 is 0. The van der Waals surface area contributed by atoms with Crippen molar-refractivity contribution in [3.05, 3.63) is 82.7 Å². The lowest BCUT2D eigenvalue weighted by atomic mass is 9.83. The summed E-state index contributed by atoms with van der Waals surface area (Å²) in [6, 6.07) is 12.9. The molecule has 0 nitrogen and oxygen atoms in total. The maximum Gasteiger partial charge on any atom is 0.131 e. The minimum atomic E-state index is -0.701. The number of rotatable bonds is 5. The first-order valence-electron chi connectivity index (χ1n) is 9.96. The molecule has 0 radical (unpaired) electrons. The predicted octanol–water partition coefficient (Wildman–Crippen LogP) is 7.27. The van der Waals surface area contributed by atoms with Crippen molar-refractivity contribution in [2.24, 2.45) is 0 Å². The van der Waals surface area contributed by atoms with Crippen LogP contribution in [0.25, 0.3) is 22.3 Å². The first-order valence-corrected chi connectivity index (χ1v) is 9.96. The maximum atomic E-state index is 14.9. The van der Waals surface area contributed by atoms with Gasteiger partial charge in [-0.05, 0) is 83.3 Å². The summed E-state index contributed by atoms with van der Waals surface area (Å²) in [7, 11) is 0. The van der Waals surface area contributed by atoms with Crippen LogP contribution < -0.4 is 0 Å². The van der Waals surface area contributed by atoms with Gasteiger partial charge in [-0.1, -0.05) is 38.0 Å². The summed E-state index contributed by atoms with van der Waals surface area (Å²) in [5.74, 6) is -1.86. The molecule has 3 heteroatoms. The van der Waals surface area contributed by atoms with Crippen LogP contribution in [0.2, 0.25) is 0 Å². The van der Waals surface area contributed by atoms with E-state index in [1.54, 1.807) is 6.07 Å². The van der Waals surface area contributed by atoms with E-state index in [0.29, 0.717) is 0 Å². The fraction of sp³-hybridized carbons (Fsp3) is 0.280. The van der Waals surface area contributed by atoms with E-state index in [9.17, 15) is 13.2 Å². The smallest absolute Gasteiger partial charge is 0.131 e. The third-order valence-corrected chi connectivity index (χ3v) is 5.56. The van der Waals surface area contributed by atoms with Gasteiger partial charge in [-0.3, -0.25) is 0 Å². The largest absolute Gasteiger partial charge is 0.207 e. The third kappa shape index (κ3) is 3.71. The van der Waals surface area contributed by atoms with Gasteiger partial charge < -0.3 is 0 Å². The molecular formula is C25H23F3. The molecular weight excluding hydrogens is 357 g/mol. The van der Waals surface area contributed by atoms with E-state index in [2.05, 4.69) is 25.1 Å². The van der Waals surface area contributed by atoms with Gasteiger partial charge in [-0.25, -0.2) is 13.2 Å². The highest BCUT2D eigenvalue weighted by molar-refractivity contribution is 5.78. The van der Waals surface area contributed by atoms with Gasteiger partial charge in [0.1, 0.15) is 17.5 Å². The zero-order chi connectivity index (χ0) is 19.7. The van der Waals surface area contributed by atoms with Crippen molar-refractivity contribution in [1.82, 2.24) is 0 Å². The molecule has 0 fully saturated rings. The maximum absolute atomic E-state index is 14.9. The fourth-order valence-electron chi connectivity index (χ4n) is 4.13. The summed E-state index contributed by atoms with van der Waals surface area (Å²) in [5, 5.41) is 0. The van der Waals surface area contributed by atoms with E-state index in [0.717, 1.165) is 42.0 Å². The van der Waals surface area contributed by atoms with Crippen molar-refractivity contribution in [1.29, 1.82) is 0 Å². The molecule has 0 N–H and O–H groups in total. The average molecular weight is 380 g/mol. The Hall–Kier alpha value is -2.55. The Bertz CT molecular complexity index is 1000. The van der Waals surface area contributed by atoms with Crippen LogP contribution in [-0.4, -0.2) is 0 Å². The van der Waals surface area contributed by atoms with Gasteiger partial charge in [0.15, 0.2) is 0 Å². The van der Waals surface area contributed by atoms with Crippen molar-refractivity contribution in [2.75, 3.05) is 0 Å². The molecule has 0 unspecified atom stereocenters. The number of halogens is 3. The Kier molecular flexibility index (Phi) is 5.25. The fourth-order valence-corrected chi connectivity index (χ4v) is 4.13. The molecule has 0 saturated carbocycles. The third-order valence-electron chi connectivity index (χ3n) is 5.56. The van der Waals surface area contributed by atoms with Crippen LogP contribution in [0.1, 0.15) is 42.9 Å². The minimum Gasteiger partial charge on any atom is -0.207 e. The van der Waals surface area contributed by atoms with Crippen molar-refractivity contribution in [2.45, 2.75) is 45.4 Å². The first kappa shape index (κ1) is 18.8. The molecule has 144 valence electrons. The lowest BCUT2D eigenvalue weighted by molar-refractivity contribution is 0.583. The van der Waals surface area contributed by atoms with Gasteiger partial charge in [0, 0.05) is 11.6 Å². The van der Waals surface area contributed by atoms with Gasteiger partial charge in [0.2, 0.25) is 0 Å². The van der Waals surface area contributed by atoms with Gasteiger partial charge in [-0.15, -0.1) is 0 Å². The van der Waals surface area contributed by atoms with E-state index >= 15 is 0 Å². The molecule has 28 heavy (non-hydrogen) atoms. The van der Waals surface area contributed by atoms with Gasteiger partial charge in [0.25, 0.3) is 0 Å². The van der Waals surface area contributed by atoms with Crippen LogP contribution in [0.15, 0.2) is 48.5 Å². The Morgan fingerprint density at radius 1 is 0.714 bits per heavy atom. The summed E-state index contributed by atoms with van der Waals surface area (Å²) in [6.07, 6.45) is 6.39. The normalized spacial score (nSPS) is 12.6. The van der Waals surface area contributed by atoms with Crippen molar-refractivity contribution in [3.63, 3.8) is 0 Å². The molecule has 4 rings (SSSR count). The molecule has 3 aromatic rings. The van der Waals surface area contributed by atoms with Crippen LogP contribution in [-0.2, 0) is 19.3 Å². The van der Waals surface area contributed by atoms with Crippen LogP contribution in [0, 0.1) is 17.5 Å². The second-order valence-corrected chi connectivity index (χ2v) is 7.60. The summed E-state index contributed by atoms with van der Waals surface area (Å²) in [4.78, 5) is 0. The zero-order valence-corrected chi connectivity index (χ0v) is 16.0. The average Bonchev–Trinajstić information content (AvgIpc) is 2.66. The van der Waals surface area contributed by atoms with Crippen LogP contribution >= 0.6 is 0 Å². The molecule has 0 heterocycles. The second-order valence-electron chi connectivity index (χ2n) is 7.60. The number of hydrogen-bond donors (Lipinski definition) is 0. The molecule has 0 amide bonds. The lowest BCUT2D eigenvalue weighted by Crippen LogP contribution is -2.06. The van der Waals surface area contributed by atoms with E-state index in [-0.39, 0.29) is 11.1 Å². The topological polar surface area (TPSA) is 0 Å². The Morgan fingerprint density at radius 2 is 1.43 bits per heavy atom. The number of aryl methyl sites for hydroxylation is 3. The summed E-state index contributed by atoms with van der Waals surface area (Å²) in [5.41, 5.74) is 6.04. The summed E-state index contributed by atoms with van der Waals surface area (Å²) < 4.78 is 42.0. The molecule has 0 saturated heterocycles. The Balaban J connectivity index is 1.70. The second kappa shape index (κ2) is 7.83. The molecule has 0 aliphatic heterocycles. The molecule has 0 bridgehead atoms.